The molecule has 1 fully saturated rings. The molecule has 0 bridgehead atoms. The third-order valence-corrected chi connectivity index (χ3v) is 3.61. The predicted molar refractivity (Wildman–Crippen MR) is 79.3 cm³/mol. The maximum Gasteiger partial charge on any atom is 0.253 e. The van der Waals surface area contributed by atoms with Gasteiger partial charge in [-0.3, -0.25) is 14.7 Å². The van der Waals surface area contributed by atoms with Crippen molar-refractivity contribution in [2.45, 2.75) is 25.8 Å². The minimum Gasteiger partial charge on any atom is -0.409 e. The molecule has 7 nitrogen and oxygen atoms in total. The van der Waals surface area contributed by atoms with Crippen LogP contribution in [0.3, 0.4) is 0 Å². The molecule has 0 spiro atoms. The van der Waals surface area contributed by atoms with Crippen LogP contribution in [0.5, 0.6) is 0 Å². The van der Waals surface area contributed by atoms with Gasteiger partial charge in [-0.2, -0.15) is 0 Å². The van der Waals surface area contributed by atoms with Crippen molar-refractivity contribution in [3.05, 3.63) is 29.6 Å². The molecule has 7 heteroatoms. The fourth-order valence-corrected chi connectivity index (χ4v) is 2.37. The minimum absolute atomic E-state index is 0.0858. The molecular weight excluding hydrogens is 270 g/mol. The minimum atomic E-state index is -0.0858. The summed E-state index contributed by atoms with van der Waals surface area (Å²) in [6.07, 6.45) is 3.30. The molecule has 1 aliphatic rings. The molecule has 114 valence electrons. The molecule has 1 saturated heterocycles. The number of amidine groups is 1. The van der Waals surface area contributed by atoms with Gasteiger partial charge in [-0.05, 0) is 31.9 Å². The molecule has 1 aliphatic heterocycles. The van der Waals surface area contributed by atoms with Crippen LogP contribution in [0.15, 0.2) is 23.5 Å². The number of oxime groups is 1. The van der Waals surface area contributed by atoms with Crippen LogP contribution < -0.4 is 11.1 Å². The Kier molecular flexibility index (Phi) is 5.10. The Balaban J connectivity index is 1.80. The van der Waals surface area contributed by atoms with Crippen molar-refractivity contribution in [3.63, 3.8) is 0 Å². The van der Waals surface area contributed by atoms with Gasteiger partial charge < -0.3 is 16.3 Å². The standard InChI is InChI=1S/C14H21N5O2/c1-10-2-3-11(8-16-10)14(20)17-12-4-6-19(7-5-12)9-13(15)18-21/h2-3,8,12,21H,4-7,9H2,1H3,(H2,15,18)(H,17,20). The van der Waals surface area contributed by atoms with E-state index in [2.05, 4.69) is 20.4 Å². The normalized spacial score (nSPS) is 17.7. The lowest BCUT2D eigenvalue weighted by molar-refractivity contribution is 0.0914. The van der Waals surface area contributed by atoms with Crippen LogP contribution in [0.1, 0.15) is 28.9 Å². The molecule has 2 rings (SSSR count). The molecule has 1 amide bonds. The molecule has 21 heavy (non-hydrogen) atoms. The summed E-state index contributed by atoms with van der Waals surface area (Å²) < 4.78 is 0. The van der Waals surface area contributed by atoms with E-state index in [-0.39, 0.29) is 17.8 Å². The van der Waals surface area contributed by atoms with Gasteiger partial charge in [0.1, 0.15) is 0 Å². The highest BCUT2D eigenvalue weighted by Gasteiger charge is 2.21. The highest BCUT2D eigenvalue weighted by Crippen LogP contribution is 2.11. The molecule has 1 aromatic heterocycles. The summed E-state index contributed by atoms with van der Waals surface area (Å²) in [7, 11) is 0. The Bertz CT molecular complexity index is 507. The molecule has 0 radical (unpaired) electrons. The van der Waals surface area contributed by atoms with Gasteiger partial charge >= 0.3 is 0 Å². The molecule has 0 atom stereocenters. The van der Waals surface area contributed by atoms with Crippen LogP contribution in [0.25, 0.3) is 0 Å². The Morgan fingerprint density at radius 1 is 1.52 bits per heavy atom. The number of nitrogens with two attached hydrogens (primary N) is 1. The number of carbonyl (C=O) groups excluding carboxylic acids is 1. The first-order chi connectivity index (χ1) is 10.1. The van der Waals surface area contributed by atoms with E-state index in [9.17, 15) is 4.79 Å². The molecule has 1 aromatic rings. The Labute approximate surface area is 123 Å². The molecule has 4 N–H and O–H groups in total. The van der Waals surface area contributed by atoms with Gasteiger partial charge in [0.05, 0.1) is 12.1 Å². The van der Waals surface area contributed by atoms with E-state index in [1.165, 1.54) is 0 Å². The van der Waals surface area contributed by atoms with Crippen LogP contribution in [0, 0.1) is 6.92 Å². The topological polar surface area (TPSA) is 104 Å². The van der Waals surface area contributed by atoms with Crippen LogP contribution in [0.4, 0.5) is 0 Å². The summed E-state index contributed by atoms with van der Waals surface area (Å²) in [4.78, 5) is 18.3. The monoisotopic (exact) mass is 291 g/mol. The van der Waals surface area contributed by atoms with E-state index in [4.69, 9.17) is 10.9 Å². The molecular formula is C14H21N5O2. The van der Waals surface area contributed by atoms with Crippen molar-refractivity contribution in [1.82, 2.24) is 15.2 Å². The zero-order valence-electron chi connectivity index (χ0n) is 12.1. The van der Waals surface area contributed by atoms with Gasteiger partial charge in [0.2, 0.25) is 0 Å². The fraction of sp³-hybridized carbons (Fsp3) is 0.500. The van der Waals surface area contributed by atoms with Crippen molar-refractivity contribution in [2.75, 3.05) is 19.6 Å². The number of likely N-dealkylation sites (tertiary alicyclic amines) is 1. The summed E-state index contributed by atoms with van der Waals surface area (Å²) in [5.74, 6) is 0.126. The third kappa shape index (κ3) is 4.42. The summed E-state index contributed by atoms with van der Waals surface area (Å²) in [5, 5.41) is 14.6. The third-order valence-electron chi connectivity index (χ3n) is 3.61. The lowest BCUT2D eigenvalue weighted by atomic mass is 10.0. The Hall–Kier alpha value is -2.15. The van der Waals surface area contributed by atoms with Crippen molar-refractivity contribution in [3.8, 4) is 0 Å². The zero-order valence-corrected chi connectivity index (χ0v) is 12.1. The van der Waals surface area contributed by atoms with E-state index in [1.807, 2.05) is 13.0 Å². The predicted octanol–water partition coefficient (Wildman–Crippen LogP) is 0.331. The number of nitrogens with zero attached hydrogens (tertiary/aromatic N) is 3. The number of piperidine rings is 1. The second-order valence-electron chi connectivity index (χ2n) is 5.30. The van der Waals surface area contributed by atoms with Gasteiger partial charge in [0, 0.05) is 31.0 Å². The Morgan fingerprint density at radius 3 is 2.81 bits per heavy atom. The van der Waals surface area contributed by atoms with Gasteiger partial charge in [-0.25, -0.2) is 0 Å². The average Bonchev–Trinajstić information content (AvgIpc) is 2.49. The number of nitrogens with one attached hydrogen (secondary N) is 1. The summed E-state index contributed by atoms with van der Waals surface area (Å²) in [5.41, 5.74) is 6.96. The number of aromatic nitrogens is 1. The zero-order chi connectivity index (χ0) is 15.2. The lowest BCUT2D eigenvalue weighted by Gasteiger charge is -2.31. The lowest BCUT2D eigenvalue weighted by Crippen LogP contribution is -2.46. The summed E-state index contributed by atoms with van der Waals surface area (Å²) in [6, 6.07) is 3.77. The molecule has 2 heterocycles. The molecule has 0 unspecified atom stereocenters. The number of amides is 1. The first kappa shape index (κ1) is 15.2. The first-order valence-corrected chi connectivity index (χ1v) is 7.00. The smallest absolute Gasteiger partial charge is 0.253 e. The number of aryl methyl sites for hydroxylation is 1. The van der Waals surface area contributed by atoms with E-state index in [1.54, 1.807) is 12.3 Å². The average molecular weight is 291 g/mol. The fourth-order valence-electron chi connectivity index (χ4n) is 2.37. The molecule has 0 saturated carbocycles. The number of hydrogen-bond donors (Lipinski definition) is 3. The second kappa shape index (κ2) is 7.03. The second-order valence-corrected chi connectivity index (χ2v) is 5.30. The van der Waals surface area contributed by atoms with Crippen LogP contribution >= 0.6 is 0 Å². The highest BCUT2D eigenvalue weighted by atomic mass is 16.4. The maximum absolute atomic E-state index is 12.1. The van der Waals surface area contributed by atoms with Crippen molar-refractivity contribution >= 4 is 11.7 Å². The van der Waals surface area contributed by atoms with Gasteiger partial charge in [-0.15, -0.1) is 0 Å². The number of pyridine rings is 1. The van der Waals surface area contributed by atoms with E-state index >= 15 is 0 Å². The van der Waals surface area contributed by atoms with Gasteiger partial charge in [0.15, 0.2) is 5.84 Å². The summed E-state index contributed by atoms with van der Waals surface area (Å²) in [6.45, 7) is 3.97. The van der Waals surface area contributed by atoms with Crippen LogP contribution in [-0.4, -0.2) is 52.5 Å². The highest BCUT2D eigenvalue weighted by molar-refractivity contribution is 5.94. The molecule has 0 aliphatic carbocycles. The largest absolute Gasteiger partial charge is 0.409 e. The van der Waals surface area contributed by atoms with Crippen molar-refractivity contribution in [1.29, 1.82) is 0 Å². The Morgan fingerprint density at radius 2 is 2.24 bits per heavy atom. The van der Waals surface area contributed by atoms with Crippen LogP contribution in [-0.2, 0) is 0 Å². The van der Waals surface area contributed by atoms with Gasteiger partial charge in [0.25, 0.3) is 5.91 Å². The first-order valence-electron chi connectivity index (χ1n) is 7.00. The van der Waals surface area contributed by atoms with Gasteiger partial charge in [-0.1, -0.05) is 5.16 Å². The van der Waals surface area contributed by atoms with Crippen LogP contribution in [0.2, 0.25) is 0 Å². The summed E-state index contributed by atoms with van der Waals surface area (Å²) >= 11 is 0. The molecule has 0 aromatic carbocycles. The van der Waals surface area contributed by atoms with Crippen molar-refractivity contribution < 1.29 is 10.0 Å². The van der Waals surface area contributed by atoms with E-state index < -0.39 is 0 Å². The quantitative estimate of drug-likeness (QED) is 0.321. The maximum atomic E-state index is 12.1. The van der Waals surface area contributed by atoms with E-state index in [0.717, 1.165) is 31.6 Å². The van der Waals surface area contributed by atoms with Crippen molar-refractivity contribution in [2.24, 2.45) is 10.9 Å². The number of rotatable bonds is 4. The SMILES string of the molecule is Cc1ccc(C(=O)NC2CCN(CC(N)=NO)CC2)cn1. The number of carbonyl (C=O) groups is 1. The van der Waals surface area contributed by atoms with E-state index in [0.29, 0.717) is 12.1 Å². The number of hydrogen-bond acceptors (Lipinski definition) is 5.